The van der Waals surface area contributed by atoms with Crippen molar-refractivity contribution in [3.8, 4) is 0 Å². The van der Waals surface area contributed by atoms with Gasteiger partial charge in [0.1, 0.15) is 11.8 Å². The number of carbonyl (C=O) groups is 1. The molecule has 0 saturated heterocycles. The Morgan fingerprint density at radius 2 is 2.39 bits per heavy atom. The maximum atomic E-state index is 11.4. The number of nitrogens with zero attached hydrogens (tertiary/aromatic N) is 2. The molecular formula is C12H16N4O2. The van der Waals surface area contributed by atoms with Gasteiger partial charge in [-0.3, -0.25) is 4.68 Å². The lowest BCUT2D eigenvalue weighted by Crippen LogP contribution is -2.38. The summed E-state index contributed by atoms with van der Waals surface area (Å²) in [6.07, 6.45) is 5.15. The average Bonchev–Trinajstić information content (AvgIpc) is 3.02. The van der Waals surface area contributed by atoms with Gasteiger partial charge in [0.15, 0.2) is 0 Å². The van der Waals surface area contributed by atoms with Crippen LogP contribution in [0.15, 0.2) is 41.3 Å². The molecular weight excluding hydrogens is 232 g/mol. The minimum absolute atomic E-state index is 0.141. The molecule has 0 aromatic carbocycles. The fourth-order valence-corrected chi connectivity index (χ4v) is 1.68. The molecule has 0 radical (unpaired) electrons. The van der Waals surface area contributed by atoms with E-state index in [1.54, 1.807) is 17.1 Å². The maximum absolute atomic E-state index is 11.4. The Hall–Kier alpha value is -2.24. The number of urea groups is 1. The molecule has 6 heteroatoms. The summed E-state index contributed by atoms with van der Waals surface area (Å²) in [4.78, 5) is 11.4. The van der Waals surface area contributed by atoms with Gasteiger partial charge in [-0.1, -0.05) is 0 Å². The third-order valence-electron chi connectivity index (χ3n) is 2.51. The SMILES string of the molecule is CCNC(=O)NCC(c1ccco1)n1cccn1. The van der Waals surface area contributed by atoms with Crippen LogP contribution in [0.4, 0.5) is 4.79 Å². The molecule has 18 heavy (non-hydrogen) atoms. The van der Waals surface area contributed by atoms with Gasteiger partial charge in [-0.05, 0) is 25.1 Å². The van der Waals surface area contributed by atoms with Crippen LogP contribution in [0.3, 0.4) is 0 Å². The van der Waals surface area contributed by atoms with Gasteiger partial charge < -0.3 is 15.1 Å². The zero-order chi connectivity index (χ0) is 12.8. The third kappa shape index (κ3) is 2.91. The Morgan fingerprint density at radius 3 is 3.00 bits per heavy atom. The van der Waals surface area contributed by atoms with Crippen LogP contribution in [0, 0.1) is 0 Å². The fourth-order valence-electron chi connectivity index (χ4n) is 1.68. The standard InChI is InChI=1S/C12H16N4O2/c1-2-13-12(17)14-9-10(11-5-3-8-18-11)16-7-4-6-15-16/h3-8,10H,2,9H2,1H3,(H2,13,14,17). The minimum Gasteiger partial charge on any atom is -0.467 e. The Kier molecular flexibility index (Phi) is 4.01. The molecule has 1 unspecified atom stereocenters. The van der Waals surface area contributed by atoms with Crippen LogP contribution in [0.5, 0.6) is 0 Å². The first-order valence-corrected chi connectivity index (χ1v) is 5.85. The van der Waals surface area contributed by atoms with Gasteiger partial charge in [0.05, 0.1) is 6.26 Å². The Bertz CT molecular complexity index is 430. The lowest BCUT2D eigenvalue weighted by atomic mass is 10.2. The summed E-state index contributed by atoms with van der Waals surface area (Å²) in [7, 11) is 0. The van der Waals surface area contributed by atoms with Crippen molar-refractivity contribution < 1.29 is 9.21 Å². The summed E-state index contributed by atoms with van der Waals surface area (Å²) in [5.41, 5.74) is 0. The highest BCUT2D eigenvalue weighted by molar-refractivity contribution is 5.73. The predicted molar refractivity (Wildman–Crippen MR) is 66.1 cm³/mol. The zero-order valence-corrected chi connectivity index (χ0v) is 10.2. The number of aromatic nitrogens is 2. The van der Waals surface area contributed by atoms with Crippen LogP contribution in [0.25, 0.3) is 0 Å². The van der Waals surface area contributed by atoms with Crippen molar-refractivity contribution in [1.82, 2.24) is 20.4 Å². The topological polar surface area (TPSA) is 72.1 Å². The van der Waals surface area contributed by atoms with Gasteiger partial charge in [0, 0.05) is 25.5 Å². The largest absolute Gasteiger partial charge is 0.467 e. The van der Waals surface area contributed by atoms with Crippen molar-refractivity contribution in [1.29, 1.82) is 0 Å². The van der Waals surface area contributed by atoms with E-state index in [-0.39, 0.29) is 12.1 Å². The van der Waals surface area contributed by atoms with Crippen LogP contribution >= 0.6 is 0 Å². The molecule has 0 aliphatic heterocycles. The van der Waals surface area contributed by atoms with Crippen molar-refractivity contribution in [2.24, 2.45) is 0 Å². The monoisotopic (exact) mass is 248 g/mol. The summed E-state index contributed by atoms with van der Waals surface area (Å²) in [6.45, 7) is 2.89. The summed E-state index contributed by atoms with van der Waals surface area (Å²) in [5.74, 6) is 0.760. The van der Waals surface area contributed by atoms with Crippen molar-refractivity contribution in [3.05, 3.63) is 42.6 Å². The lowest BCUT2D eigenvalue weighted by molar-refractivity contribution is 0.239. The smallest absolute Gasteiger partial charge is 0.314 e. The van der Waals surface area contributed by atoms with Crippen LogP contribution in [-0.4, -0.2) is 28.9 Å². The molecule has 96 valence electrons. The number of carbonyl (C=O) groups excluding carboxylic acids is 1. The Labute approximate surface area is 105 Å². The highest BCUT2D eigenvalue weighted by Gasteiger charge is 2.17. The van der Waals surface area contributed by atoms with E-state index in [0.29, 0.717) is 13.1 Å². The predicted octanol–water partition coefficient (Wildman–Crippen LogP) is 1.38. The summed E-state index contributed by atoms with van der Waals surface area (Å²) in [6, 6.07) is 5.19. The van der Waals surface area contributed by atoms with Crippen LogP contribution in [-0.2, 0) is 0 Å². The van der Waals surface area contributed by atoms with Gasteiger partial charge in [-0.2, -0.15) is 5.10 Å². The second-order valence-electron chi connectivity index (χ2n) is 3.76. The second-order valence-corrected chi connectivity index (χ2v) is 3.76. The van der Waals surface area contributed by atoms with E-state index >= 15 is 0 Å². The molecule has 0 spiro atoms. The summed E-state index contributed by atoms with van der Waals surface area (Å²) < 4.78 is 7.13. The summed E-state index contributed by atoms with van der Waals surface area (Å²) in [5, 5.41) is 9.65. The molecule has 2 rings (SSSR count). The quantitative estimate of drug-likeness (QED) is 0.839. The molecule has 2 amide bonds. The Morgan fingerprint density at radius 1 is 1.50 bits per heavy atom. The van der Waals surface area contributed by atoms with Gasteiger partial charge in [-0.15, -0.1) is 0 Å². The first kappa shape index (κ1) is 12.2. The van der Waals surface area contributed by atoms with E-state index in [1.165, 1.54) is 0 Å². The van der Waals surface area contributed by atoms with Crippen LogP contribution in [0.1, 0.15) is 18.7 Å². The van der Waals surface area contributed by atoms with Crippen molar-refractivity contribution in [2.75, 3.05) is 13.1 Å². The lowest BCUT2D eigenvalue weighted by Gasteiger charge is -2.16. The third-order valence-corrected chi connectivity index (χ3v) is 2.51. The van der Waals surface area contributed by atoms with E-state index in [0.717, 1.165) is 5.76 Å². The minimum atomic E-state index is -0.193. The average molecular weight is 248 g/mol. The molecule has 1 atom stereocenters. The zero-order valence-electron chi connectivity index (χ0n) is 10.2. The molecule has 0 aliphatic rings. The highest BCUT2D eigenvalue weighted by atomic mass is 16.3. The number of nitrogens with one attached hydrogen (secondary N) is 2. The van der Waals surface area contributed by atoms with Gasteiger partial charge in [0.25, 0.3) is 0 Å². The molecule has 6 nitrogen and oxygen atoms in total. The first-order valence-electron chi connectivity index (χ1n) is 5.85. The molecule has 0 aliphatic carbocycles. The molecule has 2 heterocycles. The number of rotatable bonds is 5. The molecule has 0 saturated carbocycles. The normalized spacial score (nSPS) is 12.1. The van der Waals surface area contributed by atoms with E-state index in [2.05, 4.69) is 15.7 Å². The molecule has 0 fully saturated rings. The molecule has 2 aromatic heterocycles. The van der Waals surface area contributed by atoms with E-state index in [1.807, 2.05) is 31.3 Å². The van der Waals surface area contributed by atoms with Crippen LogP contribution < -0.4 is 10.6 Å². The molecule has 2 aromatic rings. The first-order chi connectivity index (χ1) is 8.81. The molecule has 2 N–H and O–H groups in total. The van der Waals surface area contributed by atoms with Gasteiger partial charge >= 0.3 is 6.03 Å². The van der Waals surface area contributed by atoms with Crippen molar-refractivity contribution >= 4 is 6.03 Å². The molecule has 0 bridgehead atoms. The van der Waals surface area contributed by atoms with Gasteiger partial charge in [-0.25, -0.2) is 4.79 Å². The maximum Gasteiger partial charge on any atom is 0.314 e. The van der Waals surface area contributed by atoms with E-state index in [9.17, 15) is 4.79 Å². The second kappa shape index (κ2) is 5.90. The van der Waals surface area contributed by atoms with Crippen LogP contribution in [0.2, 0.25) is 0 Å². The Balaban J connectivity index is 2.05. The van der Waals surface area contributed by atoms with E-state index < -0.39 is 0 Å². The van der Waals surface area contributed by atoms with Gasteiger partial charge in [0.2, 0.25) is 0 Å². The fraction of sp³-hybridized carbons (Fsp3) is 0.333. The highest BCUT2D eigenvalue weighted by Crippen LogP contribution is 2.16. The summed E-state index contributed by atoms with van der Waals surface area (Å²) >= 11 is 0. The number of amides is 2. The number of furan rings is 1. The van der Waals surface area contributed by atoms with Crippen molar-refractivity contribution in [2.45, 2.75) is 13.0 Å². The van der Waals surface area contributed by atoms with Crippen molar-refractivity contribution in [3.63, 3.8) is 0 Å². The van der Waals surface area contributed by atoms with E-state index in [4.69, 9.17) is 4.42 Å². The number of hydrogen-bond acceptors (Lipinski definition) is 3. The number of hydrogen-bond donors (Lipinski definition) is 2.